The maximum atomic E-state index is 11.7. The quantitative estimate of drug-likeness (QED) is 0.862. The summed E-state index contributed by atoms with van der Waals surface area (Å²) in [5.74, 6) is -0.927. The van der Waals surface area contributed by atoms with Gasteiger partial charge in [0.25, 0.3) is 0 Å². The number of carboxylic acid groups (broad SMARTS) is 1. The molecule has 0 aromatic heterocycles. The molecule has 0 spiro atoms. The Hall–Kier alpha value is -1.22. The highest BCUT2D eigenvalue weighted by molar-refractivity contribution is 6.32. The van der Waals surface area contributed by atoms with E-state index < -0.39 is 11.4 Å². The highest BCUT2D eigenvalue weighted by Gasteiger charge is 2.46. The van der Waals surface area contributed by atoms with Crippen molar-refractivity contribution < 1.29 is 15.0 Å². The molecular formula is C14H17ClO3. The Kier molecular flexibility index (Phi) is 3.28. The van der Waals surface area contributed by atoms with Crippen LogP contribution in [0.25, 0.3) is 0 Å². The van der Waals surface area contributed by atoms with Crippen LogP contribution in [0.4, 0.5) is 0 Å². The molecule has 0 amide bonds. The summed E-state index contributed by atoms with van der Waals surface area (Å²) in [5.41, 5.74) is 1.29. The smallest absolute Gasteiger partial charge is 0.314 e. The van der Waals surface area contributed by atoms with E-state index in [2.05, 4.69) is 0 Å². The van der Waals surface area contributed by atoms with Crippen LogP contribution in [-0.4, -0.2) is 16.2 Å². The third-order valence-electron chi connectivity index (χ3n) is 4.12. The number of hydrogen-bond acceptors (Lipinski definition) is 2. The normalized spacial score (nSPS) is 17.9. The van der Waals surface area contributed by atoms with Crippen LogP contribution in [0, 0.1) is 13.8 Å². The van der Waals surface area contributed by atoms with Gasteiger partial charge in [0.15, 0.2) is 0 Å². The van der Waals surface area contributed by atoms with Gasteiger partial charge in [0.2, 0.25) is 0 Å². The van der Waals surface area contributed by atoms with Gasteiger partial charge in [-0.15, -0.1) is 0 Å². The van der Waals surface area contributed by atoms with Gasteiger partial charge < -0.3 is 10.2 Å². The lowest BCUT2D eigenvalue weighted by molar-refractivity contribution is -0.143. The van der Waals surface area contributed by atoms with Crippen LogP contribution in [0.5, 0.6) is 5.75 Å². The van der Waals surface area contributed by atoms with Gasteiger partial charge in [0.1, 0.15) is 5.75 Å². The van der Waals surface area contributed by atoms with Gasteiger partial charge >= 0.3 is 5.97 Å². The molecule has 1 aromatic carbocycles. The first kappa shape index (κ1) is 13.2. The lowest BCUT2D eigenvalue weighted by Crippen LogP contribution is -2.33. The third kappa shape index (κ3) is 1.77. The number of aryl methyl sites for hydroxylation is 1. The number of hydrogen-bond donors (Lipinski definition) is 2. The second-order valence-corrected chi connectivity index (χ2v) is 5.53. The van der Waals surface area contributed by atoms with Crippen LogP contribution in [-0.2, 0) is 10.2 Å². The molecule has 1 fully saturated rings. The summed E-state index contributed by atoms with van der Waals surface area (Å²) < 4.78 is 0. The summed E-state index contributed by atoms with van der Waals surface area (Å²) in [5, 5.41) is 20.0. The Morgan fingerprint density at radius 3 is 2.39 bits per heavy atom. The van der Waals surface area contributed by atoms with E-state index in [-0.39, 0.29) is 10.8 Å². The van der Waals surface area contributed by atoms with E-state index in [1.54, 1.807) is 6.07 Å². The number of rotatable bonds is 2. The molecule has 0 heterocycles. The van der Waals surface area contributed by atoms with Gasteiger partial charge in [-0.1, -0.05) is 24.4 Å². The molecule has 0 bridgehead atoms. The molecule has 0 aliphatic heterocycles. The van der Waals surface area contributed by atoms with Crippen molar-refractivity contribution in [3.8, 4) is 5.75 Å². The maximum absolute atomic E-state index is 11.7. The van der Waals surface area contributed by atoms with Gasteiger partial charge in [0.05, 0.1) is 10.4 Å². The van der Waals surface area contributed by atoms with Crippen molar-refractivity contribution >= 4 is 17.6 Å². The number of phenolic OH excluding ortho intramolecular Hbond substituents is 1. The minimum atomic E-state index is -0.968. The van der Waals surface area contributed by atoms with Crippen molar-refractivity contribution in [2.45, 2.75) is 44.9 Å². The molecule has 0 saturated heterocycles. The molecule has 2 N–H and O–H groups in total. The minimum Gasteiger partial charge on any atom is -0.506 e. The van der Waals surface area contributed by atoms with E-state index in [1.165, 1.54) is 0 Å². The van der Waals surface area contributed by atoms with E-state index in [0.29, 0.717) is 18.4 Å². The molecule has 0 unspecified atom stereocenters. The van der Waals surface area contributed by atoms with Crippen LogP contribution < -0.4 is 0 Å². The van der Waals surface area contributed by atoms with Crippen molar-refractivity contribution in [1.82, 2.24) is 0 Å². The lowest BCUT2D eigenvalue weighted by Gasteiger charge is -2.28. The summed E-state index contributed by atoms with van der Waals surface area (Å²) in [7, 11) is 0. The van der Waals surface area contributed by atoms with E-state index in [0.717, 1.165) is 24.0 Å². The van der Waals surface area contributed by atoms with Gasteiger partial charge in [-0.2, -0.15) is 0 Å². The zero-order chi connectivity index (χ0) is 13.5. The van der Waals surface area contributed by atoms with Crippen molar-refractivity contribution in [3.05, 3.63) is 27.8 Å². The zero-order valence-electron chi connectivity index (χ0n) is 10.6. The number of halogens is 1. The molecular weight excluding hydrogens is 252 g/mol. The molecule has 4 heteroatoms. The fraction of sp³-hybridized carbons (Fsp3) is 0.500. The minimum absolute atomic E-state index is 0.0657. The highest BCUT2D eigenvalue weighted by atomic mass is 35.5. The largest absolute Gasteiger partial charge is 0.506 e. The molecule has 3 nitrogen and oxygen atoms in total. The SMILES string of the molecule is Cc1cc(Cl)c(O)c(C2(C(=O)O)CCCC2)c1C. The molecule has 1 aliphatic rings. The summed E-state index contributed by atoms with van der Waals surface area (Å²) in [6.45, 7) is 3.73. The predicted octanol–water partition coefficient (Wildman–Crippen LogP) is 3.56. The number of phenols is 1. The molecule has 0 radical (unpaired) electrons. The fourth-order valence-corrected chi connectivity index (χ4v) is 3.25. The number of aliphatic carboxylic acids is 1. The monoisotopic (exact) mass is 268 g/mol. The average Bonchev–Trinajstić information content (AvgIpc) is 2.77. The van der Waals surface area contributed by atoms with Gasteiger partial charge in [-0.3, -0.25) is 4.79 Å². The van der Waals surface area contributed by atoms with E-state index in [9.17, 15) is 15.0 Å². The van der Waals surface area contributed by atoms with Crippen LogP contribution in [0.2, 0.25) is 5.02 Å². The molecule has 1 aliphatic carbocycles. The van der Waals surface area contributed by atoms with Crippen molar-refractivity contribution in [2.75, 3.05) is 0 Å². The summed E-state index contributed by atoms with van der Waals surface area (Å²) in [6, 6.07) is 1.68. The third-order valence-corrected chi connectivity index (χ3v) is 4.41. The maximum Gasteiger partial charge on any atom is 0.314 e. The van der Waals surface area contributed by atoms with E-state index >= 15 is 0 Å². The van der Waals surface area contributed by atoms with Crippen LogP contribution in [0.15, 0.2) is 6.07 Å². The highest BCUT2D eigenvalue weighted by Crippen LogP contribution is 2.48. The molecule has 1 saturated carbocycles. The van der Waals surface area contributed by atoms with Crippen LogP contribution >= 0.6 is 11.6 Å². The number of carbonyl (C=O) groups is 1. The lowest BCUT2D eigenvalue weighted by atomic mass is 9.75. The molecule has 2 rings (SSSR count). The number of aromatic hydroxyl groups is 1. The van der Waals surface area contributed by atoms with E-state index in [1.807, 2.05) is 13.8 Å². The first-order valence-electron chi connectivity index (χ1n) is 6.12. The Balaban J connectivity index is 2.73. The molecule has 98 valence electrons. The Morgan fingerprint density at radius 2 is 1.89 bits per heavy atom. The van der Waals surface area contributed by atoms with Crippen molar-refractivity contribution in [3.63, 3.8) is 0 Å². The van der Waals surface area contributed by atoms with Gasteiger partial charge in [-0.25, -0.2) is 0 Å². The van der Waals surface area contributed by atoms with Crippen molar-refractivity contribution in [1.29, 1.82) is 0 Å². The summed E-state index contributed by atoms with van der Waals surface area (Å²) in [6.07, 6.45) is 2.88. The van der Waals surface area contributed by atoms with Crippen LogP contribution in [0.3, 0.4) is 0 Å². The summed E-state index contributed by atoms with van der Waals surface area (Å²) in [4.78, 5) is 11.7. The Labute approximate surface area is 111 Å². The van der Waals surface area contributed by atoms with Gasteiger partial charge in [0, 0.05) is 5.56 Å². The second kappa shape index (κ2) is 4.47. The average molecular weight is 269 g/mol. The Morgan fingerprint density at radius 1 is 1.33 bits per heavy atom. The summed E-state index contributed by atoms with van der Waals surface area (Å²) >= 11 is 5.99. The topological polar surface area (TPSA) is 57.5 Å². The van der Waals surface area contributed by atoms with E-state index in [4.69, 9.17) is 11.6 Å². The fourth-order valence-electron chi connectivity index (χ4n) is 3.00. The second-order valence-electron chi connectivity index (χ2n) is 5.12. The number of carboxylic acids is 1. The van der Waals surface area contributed by atoms with Crippen molar-refractivity contribution in [2.24, 2.45) is 0 Å². The van der Waals surface area contributed by atoms with Gasteiger partial charge in [-0.05, 0) is 43.9 Å². The Bertz CT molecular complexity index is 476. The zero-order valence-corrected chi connectivity index (χ0v) is 11.3. The predicted molar refractivity (Wildman–Crippen MR) is 70.4 cm³/mol. The first-order chi connectivity index (χ1) is 8.40. The number of benzene rings is 1. The first-order valence-corrected chi connectivity index (χ1v) is 6.50. The molecule has 0 atom stereocenters. The molecule has 1 aromatic rings. The molecule has 18 heavy (non-hydrogen) atoms. The standard InChI is InChI=1S/C14H17ClO3/c1-8-7-10(15)12(16)11(9(8)2)14(13(17)18)5-3-4-6-14/h7,16H,3-6H2,1-2H3,(H,17,18). The van der Waals surface area contributed by atoms with Crippen LogP contribution in [0.1, 0.15) is 42.4 Å².